The van der Waals surface area contributed by atoms with Crippen molar-refractivity contribution in [2.24, 2.45) is 0 Å². The lowest BCUT2D eigenvalue weighted by Crippen LogP contribution is -2.77. The highest BCUT2D eigenvalue weighted by Crippen LogP contribution is 2.47. The highest BCUT2D eigenvalue weighted by molar-refractivity contribution is 7.38. The Morgan fingerprint density at radius 2 is 1.08 bits per heavy atom. The van der Waals surface area contributed by atoms with Gasteiger partial charge in [0.2, 0.25) is 0 Å². The third-order valence-corrected chi connectivity index (χ3v) is 8.00. The molecular weight excluding hydrogens is 347 g/mol. The van der Waals surface area contributed by atoms with Gasteiger partial charge in [0.1, 0.15) is 0 Å². The van der Waals surface area contributed by atoms with E-state index in [1.54, 1.807) is 0 Å². The third kappa shape index (κ3) is 3.87. The molecule has 0 spiro atoms. The van der Waals surface area contributed by atoms with E-state index in [0.717, 1.165) is 58.5 Å². The summed E-state index contributed by atoms with van der Waals surface area (Å²) in [5.74, 6) is 0. The maximum atomic E-state index is 13.1. The third-order valence-electron chi connectivity index (χ3n) is 6.74. The van der Waals surface area contributed by atoms with E-state index in [1.807, 2.05) is 0 Å². The van der Waals surface area contributed by atoms with E-state index in [4.69, 9.17) is 0 Å². The van der Waals surface area contributed by atoms with E-state index in [9.17, 15) is 9.46 Å². The van der Waals surface area contributed by atoms with Gasteiger partial charge in [-0.25, -0.2) is 14.7 Å². The fourth-order valence-electron chi connectivity index (χ4n) is 4.55. The van der Waals surface area contributed by atoms with Crippen molar-refractivity contribution in [3.05, 3.63) is 0 Å². The van der Waals surface area contributed by atoms with Gasteiger partial charge in [-0.1, -0.05) is 25.3 Å². The van der Waals surface area contributed by atoms with Crippen molar-refractivity contribution in [2.45, 2.75) is 84.5 Å². The minimum Gasteiger partial charge on any atom is -0.592 e. The highest BCUT2D eigenvalue weighted by atomic mass is 31.1. The average Bonchev–Trinajstić information content (AvgIpc) is 2.59. The molecule has 0 aromatic heterocycles. The quantitative estimate of drug-likeness (QED) is 0.626. The Morgan fingerprint density at radius 1 is 0.769 bits per heavy atom. The van der Waals surface area contributed by atoms with Gasteiger partial charge in [-0.05, 0) is 40.0 Å². The van der Waals surface area contributed by atoms with Crippen molar-refractivity contribution in [1.82, 2.24) is 19.6 Å². The molecule has 0 radical (unpaired) electrons. The first-order chi connectivity index (χ1) is 12.3. The zero-order valence-corrected chi connectivity index (χ0v) is 18.5. The van der Waals surface area contributed by atoms with Crippen LogP contribution in [0.4, 0.5) is 0 Å². The van der Waals surface area contributed by atoms with Gasteiger partial charge < -0.3 is 4.89 Å². The van der Waals surface area contributed by atoms with E-state index >= 15 is 0 Å². The molecule has 2 bridgehead atoms. The normalized spacial score (nSPS) is 33.2. The molecule has 0 amide bonds. The summed E-state index contributed by atoms with van der Waals surface area (Å²) in [6.45, 7) is 18.3. The van der Waals surface area contributed by atoms with Crippen LogP contribution in [0.2, 0.25) is 0 Å². The summed E-state index contributed by atoms with van der Waals surface area (Å²) in [6.07, 6.45) is 2.86. The Morgan fingerprint density at radius 3 is 1.31 bits per heavy atom. The van der Waals surface area contributed by atoms with E-state index < -0.39 is 13.6 Å². The van der Waals surface area contributed by atoms with Crippen molar-refractivity contribution >= 4 is 8.03 Å². The molecule has 3 saturated heterocycles. The molecule has 0 N–H and O–H groups in total. The molecule has 3 aliphatic rings. The molecule has 6 nitrogen and oxygen atoms in total. The summed E-state index contributed by atoms with van der Waals surface area (Å²) in [7, 11) is -2.69. The predicted octanol–water partition coefficient (Wildman–Crippen LogP) is 2.33. The monoisotopic (exact) mass is 386 g/mol. The van der Waals surface area contributed by atoms with E-state index in [0.29, 0.717) is 0 Å². The first-order valence-electron chi connectivity index (χ1n) is 10.5. The second-order valence-corrected chi connectivity index (χ2v) is 9.16. The van der Waals surface area contributed by atoms with Crippen molar-refractivity contribution in [2.75, 3.05) is 39.3 Å². The lowest BCUT2D eigenvalue weighted by atomic mass is 10.1. The molecule has 3 rings (SSSR count). The second kappa shape index (κ2) is 9.40. The molecule has 3 heterocycles. The van der Waals surface area contributed by atoms with Gasteiger partial charge >= 0.3 is 13.6 Å². The SMILES string of the molecule is CCC(C)N1CCN2CCN(C(C)CC)C1([P+](=O)[O-])N(C(C)CC)CC2. The van der Waals surface area contributed by atoms with Gasteiger partial charge in [0, 0.05) is 57.4 Å². The Bertz CT molecular complexity index is 423. The zero-order valence-electron chi connectivity index (χ0n) is 17.6. The Kier molecular flexibility index (Phi) is 8.02. The summed E-state index contributed by atoms with van der Waals surface area (Å²) in [5, 5.41) is 0. The van der Waals surface area contributed by atoms with Crippen LogP contribution in [0.15, 0.2) is 0 Å². The van der Waals surface area contributed by atoms with Gasteiger partial charge in [0.25, 0.3) is 0 Å². The Balaban J connectivity index is 2.70. The standard InChI is InChI=1S/C19H39N4O2P/c1-7-16(4)21-13-10-20-11-14-22(17(5)8-2)19(21,26(24)25)23(15-12-20)18(6)9-3/h16-18H,7-15H2,1-6H3. The lowest BCUT2D eigenvalue weighted by Gasteiger charge is -2.57. The second-order valence-electron chi connectivity index (χ2n) is 8.05. The number of rotatable bonds is 7. The molecule has 3 fully saturated rings. The van der Waals surface area contributed by atoms with E-state index in [1.165, 1.54) is 0 Å². The summed E-state index contributed by atoms with van der Waals surface area (Å²) < 4.78 is 13.1. The van der Waals surface area contributed by atoms with Gasteiger partial charge in [0.05, 0.1) is 0 Å². The summed E-state index contributed by atoms with van der Waals surface area (Å²) in [5.41, 5.74) is -1.01. The Labute approximate surface area is 161 Å². The molecule has 7 heteroatoms. The van der Waals surface area contributed by atoms with Crippen LogP contribution >= 0.6 is 8.03 Å². The molecule has 0 aliphatic carbocycles. The number of hydrogen-bond acceptors (Lipinski definition) is 6. The van der Waals surface area contributed by atoms with Crippen LogP contribution in [-0.4, -0.2) is 82.5 Å². The zero-order chi connectivity index (χ0) is 19.5. The van der Waals surface area contributed by atoms with Crippen LogP contribution in [0.3, 0.4) is 0 Å². The molecule has 0 saturated carbocycles. The molecule has 4 atom stereocenters. The van der Waals surface area contributed by atoms with Crippen LogP contribution in [0.25, 0.3) is 0 Å². The van der Waals surface area contributed by atoms with Crippen molar-refractivity contribution in [1.29, 1.82) is 0 Å². The van der Waals surface area contributed by atoms with Crippen LogP contribution in [0.5, 0.6) is 0 Å². The van der Waals surface area contributed by atoms with Crippen LogP contribution in [0, 0.1) is 0 Å². The average molecular weight is 387 g/mol. The fourth-order valence-corrected chi connectivity index (χ4v) is 6.07. The number of nitrogens with zero attached hydrogens (tertiary/aromatic N) is 4. The number of fused-ring (bicyclic) bond motifs is 6. The maximum Gasteiger partial charge on any atom is 0.366 e. The molecular formula is C19H39N4O2P. The van der Waals surface area contributed by atoms with Crippen LogP contribution in [-0.2, 0) is 4.57 Å². The lowest BCUT2D eigenvalue weighted by molar-refractivity contribution is -0.232. The largest absolute Gasteiger partial charge is 0.592 e. The Hall–Kier alpha value is -0.100. The van der Waals surface area contributed by atoms with Crippen LogP contribution in [0.1, 0.15) is 60.8 Å². The molecule has 152 valence electrons. The van der Waals surface area contributed by atoms with Crippen molar-refractivity contribution in [3.63, 3.8) is 0 Å². The molecule has 3 aliphatic heterocycles. The van der Waals surface area contributed by atoms with Crippen molar-refractivity contribution < 1.29 is 9.46 Å². The highest BCUT2D eigenvalue weighted by Gasteiger charge is 2.62. The molecule has 0 aromatic rings. The minimum atomic E-state index is -2.69. The summed E-state index contributed by atoms with van der Waals surface area (Å²) >= 11 is 0. The molecule has 0 aromatic carbocycles. The van der Waals surface area contributed by atoms with Gasteiger partial charge in [-0.15, -0.1) is 0 Å². The summed E-state index contributed by atoms with van der Waals surface area (Å²) in [6, 6.07) is 0.664. The van der Waals surface area contributed by atoms with E-state index in [-0.39, 0.29) is 18.1 Å². The smallest absolute Gasteiger partial charge is 0.366 e. The van der Waals surface area contributed by atoms with Crippen LogP contribution < -0.4 is 4.89 Å². The van der Waals surface area contributed by atoms with Gasteiger partial charge in [-0.2, -0.15) is 0 Å². The summed E-state index contributed by atoms with van der Waals surface area (Å²) in [4.78, 5) is 22.5. The molecule has 26 heavy (non-hydrogen) atoms. The minimum absolute atomic E-state index is 0.221. The number of hydrogen-bond donors (Lipinski definition) is 0. The fraction of sp³-hybridized carbons (Fsp3) is 1.00. The first-order valence-corrected chi connectivity index (χ1v) is 11.7. The van der Waals surface area contributed by atoms with Crippen molar-refractivity contribution in [3.8, 4) is 0 Å². The predicted molar refractivity (Wildman–Crippen MR) is 106 cm³/mol. The van der Waals surface area contributed by atoms with Gasteiger partial charge in [0.15, 0.2) is 0 Å². The van der Waals surface area contributed by atoms with Gasteiger partial charge in [-0.3, -0.25) is 4.90 Å². The maximum absolute atomic E-state index is 13.1. The van der Waals surface area contributed by atoms with E-state index in [2.05, 4.69) is 61.1 Å². The first kappa shape index (κ1) is 22.2. The molecule has 4 unspecified atom stereocenters. The topological polar surface area (TPSA) is 53.1 Å².